The minimum atomic E-state index is 0.697. The van der Waals surface area contributed by atoms with Crippen LogP contribution in [-0.2, 0) is 34.0 Å². The van der Waals surface area contributed by atoms with Gasteiger partial charge in [-0.25, -0.2) is 0 Å². The summed E-state index contributed by atoms with van der Waals surface area (Å²) < 4.78 is 19.4. The summed E-state index contributed by atoms with van der Waals surface area (Å²) in [6.07, 6.45) is 22.5. The van der Waals surface area contributed by atoms with E-state index in [1.807, 2.05) is 0 Å². The molecule has 7 rings (SSSR count). The Balaban J connectivity index is 1.04. The molecule has 3 saturated carbocycles. The van der Waals surface area contributed by atoms with Gasteiger partial charge in [-0.1, -0.05) is 36.5 Å². The normalized spacial score (nSPS) is 36.8. The Labute approximate surface area is 236 Å². The molecule has 1 aromatic rings. The summed E-state index contributed by atoms with van der Waals surface area (Å²) in [6.45, 7) is 11.6. The van der Waals surface area contributed by atoms with Crippen LogP contribution in [0.3, 0.4) is 0 Å². The fourth-order valence-corrected chi connectivity index (χ4v) is 9.24. The van der Waals surface area contributed by atoms with Crippen LogP contribution in [0, 0.1) is 74.0 Å². The molecule has 0 saturated heterocycles. The van der Waals surface area contributed by atoms with Crippen LogP contribution in [0.2, 0.25) is 0 Å². The second kappa shape index (κ2) is 11.0. The quantitative estimate of drug-likeness (QED) is 0.259. The number of hydrogen-bond donors (Lipinski definition) is 0. The predicted molar refractivity (Wildman–Crippen MR) is 156 cm³/mol. The first-order chi connectivity index (χ1) is 19.0. The average Bonchev–Trinajstić information content (AvgIpc) is 3.78. The SMILES string of the molecule is Cc1c(COCC2CC3C=CC2C3)c(C)c(COCC2CC3C=CC2C3)c(C)c1COCC1CC2C=CC1C2. The first-order valence-electron chi connectivity index (χ1n) is 15.9. The van der Waals surface area contributed by atoms with Crippen molar-refractivity contribution in [1.82, 2.24) is 0 Å². The van der Waals surface area contributed by atoms with E-state index in [0.29, 0.717) is 37.6 Å². The molecule has 9 atom stereocenters. The summed E-state index contributed by atoms with van der Waals surface area (Å²) in [4.78, 5) is 0. The first-order valence-corrected chi connectivity index (χ1v) is 15.9. The molecule has 6 aliphatic carbocycles. The largest absolute Gasteiger partial charge is 0.376 e. The Hall–Kier alpha value is -1.68. The Morgan fingerprint density at radius 3 is 1.00 bits per heavy atom. The van der Waals surface area contributed by atoms with Crippen LogP contribution < -0.4 is 0 Å². The van der Waals surface area contributed by atoms with Crippen LogP contribution in [0.1, 0.15) is 71.9 Å². The van der Waals surface area contributed by atoms with Crippen molar-refractivity contribution in [2.75, 3.05) is 19.8 Å². The van der Waals surface area contributed by atoms with E-state index in [-0.39, 0.29) is 0 Å². The molecule has 3 fully saturated rings. The summed E-state index contributed by atoms with van der Waals surface area (Å²) in [5.41, 5.74) is 8.19. The lowest BCUT2D eigenvalue weighted by Gasteiger charge is -2.25. The molecule has 0 aromatic heterocycles. The molecule has 0 spiro atoms. The number of benzene rings is 1. The maximum atomic E-state index is 6.48. The Kier molecular flexibility index (Phi) is 7.37. The Bertz CT molecular complexity index is 996. The van der Waals surface area contributed by atoms with Gasteiger partial charge < -0.3 is 14.2 Å². The summed E-state index contributed by atoms with van der Waals surface area (Å²) >= 11 is 0. The van der Waals surface area contributed by atoms with Crippen LogP contribution in [0.25, 0.3) is 0 Å². The molecule has 0 amide bonds. The summed E-state index contributed by atoms with van der Waals surface area (Å²) in [5, 5.41) is 0. The molecule has 210 valence electrons. The van der Waals surface area contributed by atoms with Crippen LogP contribution in [0.5, 0.6) is 0 Å². The highest BCUT2D eigenvalue weighted by atomic mass is 16.5. The fraction of sp³-hybridized carbons (Fsp3) is 0.667. The summed E-state index contributed by atoms with van der Waals surface area (Å²) in [5.74, 6) is 6.72. The molecule has 0 heterocycles. The maximum Gasteiger partial charge on any atom is 0.0722 e. The van der Waals surface area contributed by atoms with Gasteiger partial charge in [-0.3, -0.25) is 0 Å². The number of fused-ring (bicyclic) bond motifs is 6. The lowest BCUT2D eigenvalue weighted by atomic mass is 9.88. The molecule has 0 N–H and O–H groups in total. The molecule has 39 heavy (non-hydrogen) atoms. The van der Waals surface area contributed by atoms with Crippen molar-refractivity contribution in [3.8, 4) is 0 Å². The second-order valence-corrected chi connectivity index (χ2v) is 14.0. The zero-order valence-electron chi connectivity index (χ0n) is 24.4. The minimum Gasteiger partial charge on any atom is -0.376 e. The number of allylic oxidation sites excluding steroid dienone is 6. The molecular formula is C36H48O3. The van der Waals surface area contributed by atoms with Gasteiger partial charge in [-0.15, -0.1) is 0 Å². The van der Waals surface area contributed by atoms with E-state index in [1.54, 1.807) is 0 Å². The second-order valence-electron chi connectivity index (χ2n) is 14.0. The van der Waals surface area contributed by atoms with Gasteiger partial charge in [0.1, 0.15) is 0 Å². The molecule has 0 radical (unpaired) electrons. The van der Waals surface area contributed by atoms with E-state index in [2.05, 4.69) is 57.2 Å². The van der Waals surface area contributed by atoms with Crippen molar-refractivity contribution >= 4 is 0 Å². The van der Waals surface area contributed by atoms with Gasteiger partial charge in [-0.05, 0) is 146 Å². The highest BCUT2D eigenvalue weighted by Gasteiger charge is 2.37. The van der Waals surface area contributed by atoms with Gasteiger partial charge in [0.2, 0.25) is 0 Å². The van der Waals surface area contributed by atoms with Crippen molar-refractivity contribution in [3.05, 3.63) is 69.8 Å². The van der Waals surface area contributed by atoms with E-state index in [9.17, 15) is 0 Å². The molecule has 1 aromatic carbocycles. The summed E-state index contributed by atoms with van der Waals surface area (Å²) in [6, 6.07) is 0. The highest BCUT2D eigenvalue weighted by Crippen LogP contribution is 2.45. The molecule has 3 heteroatoms. The van der Waals surface area contributed by atoms with Crippen molar-refractivity contribution in [3.63, 3.8) is 0 Å². The third-order valence-corrected chi connectivity index (χ3v) is 11.7. The van der Waals surface area contributed by atoms with Gasteiger partial charge in [0.05, 0.1) is 39.6 Å². The van der Waals surface area contributed by atoms with Crippen LogP contribution in [0.4, 0.5) is 0 Å². The molecule has 6 bridgehead atoms. The maximum absolute atomic E-state index is 6.48. The van der Waals surface area contributed by atoms with Gasteiger partial charge in [0.15, 0.2) is 0 Å². The molecule has 0 aliphatic heterocycles. The lowest BCUT2D eigenvalue weighted by Crippen LogP contribution is -2.18. The average molecular weight is 529 g/mol. The Morgan fingerprint density at radius 2 is 0.769 bits per heavy atom. The van der Waals surface area contributed by atoms with Gasteiger partial charge in [0.25, 0.3) is 0 Å². The predicted octanol–water partition coefficient (Wildman–Crippen LogP) is 7.80. The third kappa shape index (κ3) is 5.13. The fourth-order valence-electron chi connectivity index (χ4n) is 9.24. The molecule has 9 unspecified atom stereocenters. The summed E-state index contributed by atoms with van der Waals surface area (Å²) in [7, 11) is 0. The highest BCUT2D eigenvalue weighted by molar-refractivity contribution is 5.50. The van der Waals surface area contributed by atoms with Crippen molar-refractivity contribution < 1.29 is 14.2 Å². The third-order valence-electron chi connectivity index (χ3n) is 11.7. The smallest absolute Gasteiger partial charge is 0.0722 e. The van der Waals surface area contributed by atoms with E-state index >= 15 is 0 Å². The van der Waals surface area contributed by atoms with Crippen molar-refractivity contribution in [2.24, 2.45) is 53.3 Å². The van der Waals surface area contributed by atoms with Crippen molar-refractivity contribution in [1.29, 1.82) is 0 Å². The van der Waals surface area contributed by atoms with Crippen LogP contribution in [0.15, 0.2) is 36.5 Å². The first kappa shape index (κ1) is 26.2. The number of hydrogen-bond acceptors (Lipinski definition) is 3. The van der Waals surface area contributed by atoms with Gasteiger partial charge in [0, 0.05) is 0 Å². The number of ether oxygens (including phenoxy) is 3. The topological polar surface area (TPSA) is 27.7 Å². The number of rotatable bonds is 12. The van der Waals surface area contributed by atoms with Gasteiger partial charge in [-0.2, -0.15) is 0 Å². The Morgan fingerprint density at radius 1 is 0.462 bits per heavy atom. The van der Waals surface area contributed by atoms with E-state index in [0.717, 1.165) is 55.3 Å². The zero-order chi connectivity index (χ0) is 26.5. The molecular weight excluding hydrogens is 480 g/mol. The van der Waals surface area contributed by atoms with E-state index in [1.165, 1.54) is 71.9 Å². The zero-order valence-corrected chi connectivity index (χ0v) is 24.4. The monoisotopic (exact) mass is 528 g/mol. The van der Waals surface area contributed by atoms with E-state index < -0.39 is 0 Å². The molecule has 6 aliphatic rings. The lowest BCUT2D eigenvalue weighted by molar-refractivity contribution is 0.0713. The minimum absolute atomic E-state index is 0.697. The van der Waals surface area contributed by atoms with Crippen molar-refractivity contribution in [2.45, 2.75) is 79.1 Å². The van der Waals surface area contributed by atoms with Crippen LogP contribution in [-0.4, -0.2) is 19.8 Å². The molecule has 3 nitrogen and oxygen atoms in total. The standard InChI is InChI=1S/C36H48O3/c1-22-34(19-37-16-31-13-25-4-7-28(31)10-25)23(2)36(21-39-18-33-15-27-6-9-30(33)12-27)24(3)35(22)20-38-17-32-14-26-5-8-29(32)11-26/h4-9,25-33H,10-21H2,1-3H3. The van der Waals surface area contributed by atoms with Gasteiger partial charge >= 0.3 is 0 Å². The van der Waals surface area contributed by atoms with Crippen LogP contribution >= 0.6 is 0 Å². The van der Waals surface area contributed by atoms with E-state index in [4.69, 9.17) is 14.2 Å².